The molecule has 0 saturated heterocycles. The Labute approximate surface area is 115 Å². The van der Waals surface area contributed by atoms with Crippen molar-refractivity contribution in [3.63, 3.8) is 0 Å². The second-order valence-electron chi connectivity index (χ2n) is 2.97. The summed E-state index contributed by atoms with van der Waals surface area (Å²) in [6.07, 6.45) is 1.32. The van der Waals surface area contributed by atoms with Crippen molar-refractivity contribution in [3.05, 3.63) is 45.0 Å². The average molecular weight is 338 g/mol. The number of aromatic nitrogens is 2. The molecule has 0 aliphatic rings. The van der Waals surface area contributed by atoms with E-state index in [0.717, 1.165) is 0 Å². The second-order valence-corrected chi connectivity index (χ2v) is 4.57. The van der Waals surface area contributed by atoms with Crippen LogP contribution in [0.25, 0.3) is 0 Å². The van der Waals surface area contributed by atoms with E-state index in [9.17, 15) is 4.39 Å². The quantitative estimate of drug-likeness (QED) is 0.758. The number of hydrogen-bond acceptors (Lipinski definition) is 3. The van der Waals surface area contributed by atoms with Crippen LogP contribution in [0.3, 0.4) is 0 Å². The standard InChI is InChI=1S/C10H4BrCl2FN2O/c11-6-3-5(1-2-8(6)14)17-9-7(12)4-15-10(13)16-9/h1-4H. The highest BCUT2D eigenvalue weighted by atomic mass is 79.9. The molecule has 1 aromatic heterocycles. The fourth-order valence-electron chi connectivity index (χ4n) is 1.05. The Kier molecular flexibility index (Phi) is 3.81. The third kappa shape index (κ3) is 3.06. The van der Waals surface area contributed by atoms with Crippen LogP contribution in [0.5, 0.6) is 11.6 Å². The molecule has 0 atom stereocenters. The summed E-state index contributed by atoms with van der Waals surface area (Å²) in [6.45, 7) is 0. The molecule has 0 unspecified atom stereocenters. The van der Waals surface area contributed by atoms with Gasteiger partial charge in [0.15, 0.2) is 0 Å². The highest BCUT2D eigenvalue weighted by Crippen LogP contribution is 2.29. The molecule has 0 bridgehead atoms. The van der Waals surface area contributed by atoms with E-state index in [2.05, 4.69) is 25.9 Å². The van der Waals surface area contributed by atoms with Gasteiger partial charge in [-0.2, -0.15) is 4.98 Å². The van der Waals surface area contributed by atoms with Gasteiger partial charge in [-0.25, -0.2) is 9.37 Å². The maximum Gasteiger partial charge on any atom is 0.242 e. The smallest absolute Gasteiger partial charge is 0.242 e. The summed E-state index contributed by atoms with van der Waals surface area (Å²) >= 11 is 14.5. The van der Waals surface area contributed by atoms with Crippen LogP contribution >= 0.6 is 39.1 Å². The summed E-state index contributed by atoms with van der Waals surface area (Å²) in [5.41, 5.74) is 0. The maximum absolute atomic E-state index is 13.0. The van der Waals surface area contributed by atoms with Crippen molar-refractivity contribution < 1.29 is 9.13 Å². The van der Waals surface area contributed by atoms with Gasteiger partial charge in [0.05, 0.1) is 10.7 Å². The number of halogens is 4. The molecule has 0 fully saturated rings. The molecule has 2 rings (SSSR count). The van der Waals surface area contributed by atoms with Crippen molar-refractivity contribution in [2.24, 2.45) is 0 Å². The van der Waals surface area contributed by atoms with Crippen LogP contribution in [0.4, 0.5) is 4.39 Å². The maximum atomic E-state index is 13.0. The molecule has 0 aliphatic heterocycles. The van der Waals surface area contributed by atoms with Gasteiger partial charge in [-0.1, -0.05) is 11.6 Å². The van der Waals surface area contributed by atoms with E-state index in [0.29, 0.717) is 5.75 Å². The van der Waals surface area contributed by atoms with E-state index in [1.807, 2.05) is 0 Å². The van der Waals surface area contributed by atoms with Gasteiger partial charge in [0.2, 0.25) is 11.2 Å². The van der Waals surface area contributed by atoms with Gasteiger partial charge in [0.1, 0.15) is 16.6 Å². The van der Waals surface area contributed by atoms with Crippen LogP contribution in [0.15, 0.2) is 28.9 Å². The van der Waals surface area contributed by atoms with E-state index in [1.54, 1.807) is 0 Å². The van der Waals surface area contributed by atoms with Crippen LogP contribution < -0.4 is 4.74 Å². The summed E-state index contributed by atoms with van der Waals surface area (Å²) in [5, 5.41) is 0.237. The predicted octanol–water partition coefficient (Wildman–Crippen LogP) is 4.48. The first-order valence-corrected chi connectivity index (χ1v) is 5.92. The SMILES string of the molecule is Fc1ccc(Oc2nc(Cl)ncc2Cl)cc1Br. The zero-order valence-corrected chi connectivity index (χ0v) is 11.2. The molecule has 1 aromatic carbocycles. The average Bonchev–Trinajstić information content (AvgIpc) is 2.29. The Bertz CT molecular complexity index is 568. The van der Waals surface area contributed by atoms with Gasteiger partial charge < -0.3 is 4.74 Å². The number of nitrogens with zero attached hydrogens (tertiary/aromatic N) is 2. The number of benzene rings is 1. The Morgan fingerprint density at radius 3 is 2.76 bits per heavy atom. The van der Waals surface area contributed by atoms with Gasteiger partial charge in [-0.05, 0) is 45.7 Å². The molecule has 0 saturated carbocycles. The van der Waals surface area contributed by atoms with Crippen LogP contribution in [-0.4, -0.2) is 9.97 Å². The highest BCUT2D eigenvalue weighted by molar-refractivity contribution is 9.10. The van der Waals surface area contributed by atoms with E-state index >= 15 is 0 Å². The van der Waals surface area contributed by atoms with Crippen LogP contribution in [0.2, 0.25) is 10.3 Å². The minimum absolute atomic E-state index is 0.0191. The van der Waals surface area contributed by atoms with Crippen molar-refractivity contribution in [2.75, 3.05) is 0 Å². The molecule has 17 heavy (non-hydrogen) atoms. The third-order valence-electron chi connectivity index (χ3n) is 1.79. The predicted molar refractivity (Wildman–Crippen MR) is 66.2 cm³/mol. The lowest BCUT2D eigenvalue weighted by Crippen LogP contribution is -1.92. The lowest BCUT2D eigenvalue weighted by atomic mass is 10.3. The molecular weight excluding hydrogens is 334 g/mol. The molecule has 0 radical (unpaired) electrons. The van der Waals surface area contributed by atoms with Crippen molar-refractivity contribution in [1.29, 1.82) is 0 Å². The molecule has 0 aliphatic carbocycles. The third-order valence-corrected chi connectivity index (χ3v) is 2.84. The Morgan fingerprint density at radius 1 is 1.29 bits per heavy atom. The molecule has 88 valence electrons. The van der Waals surface area contributed by atoms with Crippen molar-refractivity contribution in [1.82, 2.24) is 9.97 Å². The normalized spacial score (nSPS) is 10.4. The van der Waals surface area contributed by atoms with E-state index in [-0.39, 0.29) is 26.5 Å². The highest BCUT2D eigenvalue weighted by Gasteiger charge is 2.08. The Balaban J connectivity index is 2.31. The molecule has 0 N–H and O–H groups in total. The van der Waals surface area contributed by atoms with Crippen molar-refractivity contribution in [2.45, 2.75) is 0 Å². The largest absolute Gasteiger partial charge is 0.437 e. The molecule has 0 amide bonds. The first-order chi connectivity index (χ1) is 8.06. The molecule has 3 nitrogen and oxygen atoms in total. The van der Waals surface area contributed by atoms with Gasteiger partial charge >= 0.3 is 0 Å². The summed E-state index contributed by atoms with van der Waals surface area (Å²) in [5.74, 6) is 0.115. The zero-order chi connectivity index (χ0) is 12.4. The lowest BCUT2D eigenvalue weighted by Gasteiger charge is -2.06. The number of rotatable bonds is 2. The molecule has 7 heteroatoms. The molecule has 0 spiro atoms. The molecular formula is C10H4BrCl2FN2O. The van der Waals surface area contributed by atoms with Crippen LogP contribution in [0, 0.1) is 5.82 Å². The zero-order valence-electron chi connectivity index (χ0n) is 8.12. The van der Waals surface area contributed by atoms with Gasteiger partial charge in [0, 0.05) is 0 Å². The number of hydrogen-bond donors (Lipinski definition) is 0. The fourth-order valence-corrected chi connectivity index (χ4v) is 1.67. The van der Waals surface area contributed by atoms with E-state index < -0.39 is 0 Å². The Morgan fingerprint density at radius 2 is 2.06 bits per heavy atom. The summed E-state index contributed by atoms with van der Waals surface area (Å²) in [6, 6.07) is 4.17. The second kappa shape index (κ2) is 5.16. The van der Waals surface area contributed by atoms with Crippen LogP contribution in [0.1, 0.15) is 0 Å². The van der Waals surface area contributed by atoms with E-state index in [1.165, 1.54) is 24.4 Å². The molecule has 2 aromatic rings. The fraction of sp³-hybridized carbons (Fsp3) is 0. The first kappa shape index (κ1) is 12.5. The van der Waals surface area contributed by atoms with Gasteiger partial charge in [-0.3, -0.25) is 0 Å². The minimum atomic E-state index is -0.385. The Hall–Kier alpha value is -0.910. The van der Waals surface area contributed by atoms with Gasteiger partial charge in [-0.15, -0.1) is 0 Å². The van der Waals surface area contributed by atoms with Crippen molar-refractivity contribution in [3.8, 4) is 11.6 Å². The molecule has 1 heterocycles. The summed E-state index contributed by atoms with van der Waals surface area (Å²) in [4.78, 5) is 7.50. The minimum Gasteiger partial charge on any atom is -0.437 e. The van der Waals surface area contributed by atoms with Gasteiger partial charge in [0.25, 0.3) is 0 Å². The monoisotopic (exact) mass is 336 g/mol. The van der Waals surface area contributed by atoms with E-state index in [4.69, 9.17) is 27.9 Å². The lowest BCUT2D eigenvalue weighted by molar-refractivity contribution is 0.459. The van der Waals surface area contributed by atoms with Crippen LogP contribution in [-0.2, 0) is 0 Å². The summed E-state index contributed by atoms with van der Waals surface area (Å²) in [7, 11) is 0. The number of ether oxygens (including phenoxy) is 1. The summed E-state index contributed by atoms with van der Waals surface area (Å²) < 4.78 is 18.7. The first-order valence-electron chi connectivity index (χ1n) is 4.37. The van der Waals surface area contributed by atoms with Crippen molar-refractivity contribution >= 4 is 39.1 Å². The topological polar surface area (TPSA) is 35.0 Å².